The number of nitrogens with zero attached hydrogens (tertiary/aromatic N) is 2. The molecule has 1 saturated carbocycles. The summed E-state index contributed by atoms with van der Waals surface area (Å²) < 4.78 is 0. The van der Waals surface area contributed by atoms with Crippen LogP contribution in [-0.4, -0.2) is 54.6 Å². The highest BCUT2D eigenvalue weighted by Gasteiger charge is 2.29. The van der Waals surface area contributed by atoms with E-state index in [0.29, 0.717) is 12.1 Å². The molecule has 3 heteroatoms. The lowest BCUT2D eigenvalue weighted by Gasteiger charge is -2.38. The summed E-state index contributed by atoms with van der Waals surface area (Å²) in [7, 11) is 2.28. The third-order valence-corrected chi connectivity index (χ3v) is 4.75. The van der Waals surface area contributed by atoms with E-state index >= 15 is 0 Å². The Labute approximate surface area is 106 Å². The van der Waals surface area contributed by atoms with Gasteiger partial charge in [0.15, 0.2) is 0 Å². The fourth-order valence-electron chi connectivity index (χ4n) is 3.67. The molecule has 0 amide bonds. The quantitative estimate of drug-likeness (QED) is 0.810. The molecule has 0 spiro atoms. The van der Waals surface area contributed by atoms with Crippen molar-refractivity contribution in [1.29, 1.82) is 0 Å². The third-order valence-electron chi connectivity index (χ3n) is 4.75. The predicted octanol–water partition coefficient (Wildman–Crippen LogP) is 1.67. The van der Waals surface area contributed by atoms with E-state index in [2.05, 4.69) is 23.8 Å². The Hall–Kier alpha value is -0.120. The summed E-state index contributed by atoms with van der Waals surface area (Å²) in [5, 5.41) is 0. The maximum absolute atomic E-state index is 6.27. The Bertz CT molecular complexity index is 232. The van der Waals surface area contributed by atoms with Crippen LogP contribution < -0.4 is 5.73 Å². The number of nitrogens with two attached hydrogens (primary N) is 1. The van der Waals surface area contributed by atoms with E-state index in [9.17, 15) is 0 Å². The van der Waals surface area contributed by atoms with Gasteiger partial charge in [0.2, 0.25) is 0 Å². The summed E-state index contributed by atoms with van der Waals surface area (Å²) in [4.78, 5) is 5.17. The second-order valence-corrected chi connectivity index (χ2v) is 5.88. The molecule has 1 aliphatic heterocycles. The fourth-order valence-corrected chi connectivity index (χ4v) is 3.67. The second kappa shape index (κ2) is 6.17. The summed E-state index contributed by atoms with van der Waals surface area (Å²) in [5.74, 6) is 0. The van der Waals surface area contributed by atoms with Crippen molar-refractivity contribution in [3.8, 4) is 0 Å². The van der Waals surface area contributed by atoms with Crippen LogP contribution in [0.4, 0.5) is 0 Å². The zero-order chi connectivity index (χ0) is 12.3. The maximum atomic E-state index is 6.27. The van der Waals surface area contributed by atoms with Crippen LogP contribution in [0.15, 0.2) is 0 Å². The largest absolute Gasteiger partial charge is 0.326 e. The average Bonchev–Trinajstić information content (AvgIpc) is 2.76. The van der Waals surface area contributed by atoms with Crippen LogP contribution in [-0.2, 0) is 0 Å². The maximum Gasteiger partial charge on any atom is 0.0244 e. The van der Waals surface area contributed by atoms with Gasteiger partial charge < -0.3 is 10.6 Å². The van der Waals surface area contributed by atoms with Gasteiger partial charge in [-0.2, -0.15) is 0 Å². The Morgan fingerprint density at radius 3 is 2.65 bits per heavy atom. The van der Waals surface area contributed by atoms with E-state index in [4.69, 9.17) is 5.73 Å². The van der Waals surface area contributed by atoms with E-state index < -0.39 is 0 Å². The van der Waals surface area contributed by atoms with E-state index in [1.54, 1.807) is 0 Å². The molecule has 2 N–H and O–H groups in total. The summed E-state index contributed by atoms with van der Waals surface area (Å²) in [5.41, 5.74) is 6.27. The topological polar surface area (TPSA) is 32.5 Å². The van der Waals surface area contributed by atoms with Crippen molar-refractivity contribution in [1.82, 2.24) is 9.80 Å². The molecule has 2 fully saturated rings. The van der Waals surface area contributed by atoms with E-state index in [0.717, 1.165) is 6.04 Å². The second-order valence-electron chi connectivity index (χ2n) is 5.88. The van der Waals surface area contributed by atoms with Crippen molar-refractivity contribution in [3.05, 3.63) is 0 Å². The minimum Gasteiger partial charge on any atom is -0.326 e. The summed E-state index contributed by atoms with van der Waals surface area (Å²) in [6, 6.07) is 1.81. The van der Waals surface area contributed by atoms with Gasteiger partial charge in [0.25, 0.3) is 0 Å². The van der Waals surface area contributed by atoms with Crippen LogP contribution in [0.25, 0.3) is 0 Å². The molecule has 3 unspecified atom stereocenters. The first-order valence-electron chi connectivity index (χ1n) is 7.42. The number of hydrogen-bond acceptors (Lipinski definition) is 3. The highest BCUT2D eigenvalue weighted by molar-refractivity contribution is 4.88. The van der Waals surface area contributed by atoms with Crippen molar-refractivity contribution >= 4 is 0 Å². The molecule has 1 saturated heterocycles. The van der Waals surface area contributed by atoms with Gasteiger partial charge in [-0.1, -0.05) is 19.8 Å². The molecule has 1 heterocycles. The Morgan fingerprint density at radius 2 is 1.94 bits per heavy atom. The van der Waals surface area contributed by atoms with Gasteiger partial charge in [-0.3, -0.25) is 4.90 Å². The molecule has 2 rings (SSSR count). The van der Waals surface area contributed by atoms with E-state index in [1.165, 1.54) is 58.2 Å². The Kier molecular flexibility index (Phi) is 4.83. The van der Waals surface area contributed by atoms with Crippen molar-refractivity contribution in [3.63, 3.8) is 0 Å². The molecule has 2 aliphatic rings. The van der Waals surface area contributed by atoms with Gasteiger partial charge >= 0.3 is 0 Å². The normalized spacial score (nSPS) is 35.6. The molecule has 0 bridgehead atoms. The molecular weight excluding hydrogens is 210 g/mol. The van der Waals surface area contributed by atoms with Crippen molar-refractivity contribution in [2.45, 2.75) is 63.6 Å². The van der Waals surface area contributed by atoms with Gasteiger partial charge in [-0.25, -0.2) is 0 Å². The molecule has 17 heavy (non-hydrogen) atoms. The molecule has 0 aromatic carbocycles. The summed E-state index contributed by atoms with van der Waals surface area (Å²) >= 11 is 0. The van der Waals surface area contributed by atoms with Crippen LogP contribution in [0.3, 0.4) is 0 Å². The van der Waals surface area contributed by atoms with Gasteiger partial charge in [-0.15, -0.1) is 0 Å². The number of rotatable bonds is 4. The van der Waals surface area contributed by atoms with Gasteiger partial charge in [0.1, 0.15) is 0 Å². The van der Waals surface area contributed by atoms with Crippen LogP contribution in [0.5, 0.6) is 0 Å². The number of likely N-dealkylation sites (tertiary alicyclic amines) is 1. The SMILES string of the molecule is CCN1CCCC1CN(C)C1CCCCC1N. The van der Waals surface area contributed by atoms with Crippen LogP contribution >= 0.6 is 0 Å². The first-order chi connectivity index (χ1) is 8.22. The van der Waals surface area contributed by atoms with Crippen LogP contribution in [0, 0.1) is 0 Å². The highest BCUT2D eigenvalue weighted by atomic mass is 15.2. The van der Waals surface area contributed by atoms with Gasteiger partial charge in [0, 0.05) is 24.7 Å². The Balaban J connectivity index is 1.84. The molecular formula is C14H29N3. The van der Waals surface area contributed by atoms with Crippen LogP contribution in [0.2, 0.25) is 0 Å². The zero-order valence-corrected chi connectivity index (χ0v) is 11.6. The van der Waals surface area contributed by atoms with E-state index in [1.807, 2.05) is 0 Å². The standard InChI is InChI=1S/C14H29N3/c1-3-17-10-6-7-12(17)11-16(2)14-9-5-4-8-13(14)15/h12-14H,3-11,15H2,1-2H3. The molecule has 0 aromatic heterocycles. The van der Waals surface area contributed by atoms with Crippen molar-refractivity contribution < 1.29 is 0 Å². The lowest BCUT2D eigenvalue weighted by molar-refractivity contribution is 0.126. The number of hydrogen-bond donors (Lipinski definition) is 1. The molecule has 0 radical (unpaired) electrons. The predicted molar refractivity (Wildman–Crippen MR) is 73.1 cm³/mol. The molecule has 0 aromatic rings. The lowest BCUT2D eigenvalue weighted by Crippen LogP contribution is -2.51. The van der Waals surface area contributed by atoms with E-state index in [-0.39, 0.29) is 0 Å². The van der Waals surface area contributed by atoms with Crippen molar-refractivity contribution in [2.24, 2.45) is 5.73 Å². The fraction of sp³-hybridized carbons (Fsp3) is 1.00. The smallest absolute Gasteiger partial charge is 0.0244 e. The van der Waals surface area contributed by atoms with Gasteiger partial charge in [-0.05, 0) is 45.8 Å². The first kappa shape index (κ1) is 13.3. The molecule has 3 nitrogen and oxygen atoms in total. The van der Waals surface area contributed by atoms with Crippen molar-refractivity contribution in [2.75, 3.05) is 26.7 Å². The summed E-state index contributed by atoms with van der Waals surface area (Å²) in [6.45, 7) is 6.00. The van der Waals surface area contributed by atoms with Gasteiger partial charge in [0.05, 0.1) is 0 Å². The minimum absolute atomic E-state index is 0.408. The first-order valence-corrected chi connectivity index (χ1v) is 7.42. The zero-order valence-electron chi connectivity index (χ0n) is 11.6. The third kappa shape index (κ3) is 3.21. The Morgan fingerprint density at radius 1 is 1.18 bits per heavy atom. The molecule has 100 valence electrons. The average molecular weight is 239 g/mol. The highest BCUT2D eigenvalue weighted by Crippen LogP contribution is 2.23. The minimum atomic E-state index is 0.408. The summed E-state index contributed by atoms with van der Waals surface area (Å²) in [6.07, 6.45) is 7.97. The molecule has 3 atom stereocenters. The number of likely N-dealkylation sites (N-methyl/N-ethyl adjacent to an activating group) is 2. The monoisotopic (exact) mass is 239 g/mol. The lowest BCUT2D eigenvalue weighted by atomic mass is 9.90. The molecule has 1 aliphatic carbocycles. The van der Waals surface area contributed by atoms with Crippen LogP contribution in [0.1, 0.15) is 45.4 Å².